The van der Waals surface area contributed by atoms with Crippen LogP contribution in [0.2, 0.25) is 0 Å². The molecule has 0 radical (unpaired) electrons. The summed E-state index contributed by atoms with van der Waals surface area (Å²) in [5.74, 6) is 0.597. The summed E-state index contributed by atoms with van der Waals surface area (Å²) >= 11 is 0. The average Bonchev–Trinajstić information content (AvgIpc) is 2.74. The van der Waals surface area contributed by atoms with Crippen molar-refractivity contribution in [2.75, 3.05) is 32.8 Å². The molecular formula is C22H29N3O2. The summed E-state index contributed by atoms with van der Waals surface area (Å²) < 4.78 is 5.13. The van der Waals surface area contributed by atoms with Crippen molar-refractivity contribution in [3.05, 3.63) is 42.1 Å². The molecule has 0 N–H and O–H groups in total. The number of benzene rings is 1. The molecule has 1 aromatic heterocycles. The topological polar surface area (TPSA) is 45.7 Å². The van der Waals surface area contributed by atoms with E-state index < -0.39 is 0 Å². The minimum Gasteiger partial charge on any atom is -0.450 e. The van der Waals surface area contributed by atoms with Crippen LogP contribution in [0.4, 0.5) is 4.79 Å². The number of hydrogen-bond donors (Lipinski definition) is 0. The number of aromatic nitrogens is 1. The Hall–Kier alpha value is -2.14. The van der Waals surface area contributed by atoms with Crippen LogP contribution in [0, 0.1) is 0 Å². The van der Waals surface area contributed by atoms with Crippen LogP contribution in [0.15, 0.2) is 36.5 Å². The molecule has 5 nitrogen and oxygen atoms in total. The largest absolute Gasteiger partial charge is 0.450 e. The maximum atomic E-state index is 11.9. The molecule has 3 heterocycles. The Morgan fingerprint density at radius 2 is 1.81 bits per heavy atom. The van der Waals surface area contributed by atoms with Gasteiger partial charge in [0.25, 0.3) is 0 Å². The van der Waals surface area contributed by atoms with Gasteiger partial charge in [-0.2, -0.15) is 0 Å². The Morgan fingerprint density at radius 3 is 2.56 bits per heavy atom. The van der Waals surface area contributed by atoms with E-state index in [1.807, 2.05) is 24.1 Å². The normalized spacial score (nSPS) is 20.1. The van der Waals surface area contributed by atoms with Gasteiger partial charge < -0.3 is 14.5 Å². The predicted molar refractivity (Wildman–Crippen MR) is 107 cm³/mol. The quantitative estimate of drug-likeness (QED) is 0.821. The zero-order valence-corrected chi connectivity index (χ0v) is 16.1. The molecule has 4 rings (SSSR count). The lowest BCUT2D eigenvalue weighted by Gasteiger charge is -2.41. The number of ether oxygens (including phenoxy) is 1. The number of amides is 1. The number of carbonyl (C=O) groups is 1. The van der Waals surface area contributed by atoms with Crippen LogP contribution in [0.3, 0.4) is 0 Å². The van der Waals surface area contributed by atoms with Crippen LogP contribution >= 0.6 is 0 Å². The molecule has 2 aliphatic heterocycles. The molecule has 5 heteroatoms. The number of piperidine rings is 2. The lowest BCUT2D eigenvalue weighted by Crippen LogP contribution is -2.48. The van der Waals surface area contributed by atoms with Crippen LogP contribution in [0.1, 0.15) is 44.1 Å². The lowest BCUT2D eigenvalue weighted by molar-refractivity contribution is 0.0663. The Labute approximate surface area is 161 Å². The SMILES string of the molecule is CCOC(=O)N1CCC(N2CCC(c3cccc4cccnc34)CC2)CC1. The Kier molecular flexibility index (Phi) is 5.58. The molecule has 1 amide bonds. The van der Waals surface area contributed by atoms with Crippen molar-refractivity contribution in [3.63, 3.8) is 0 Å². The highest BCUT2D eigenvalue weighted by molar-refractivity contribution is 5.82. The van der Waals surface area contributed by atoms with Crippen LogP contribution in [-0.4, -0.2) is 59.7 Å². The molecule has 0 saturated carbocycles. The van der Waals surface area contributed by atoms with E-state index in [0.29, 0.717) is 18.6 Å². The summed E-state index contributed by atoms with van der Waals surface area (Å²) in [6.07, 6.45) is 6.23. The first-order chi connectivity index (χ1) is 13.3. The van der Waals surface area contributed by atoms with E-state index in [2.05, 4.69) is 34.1 Å². The van der Waals surface area contributed by atoms with Crippen LogP contribution < -0.4 is 0 Å². The third-order valence-electron chi connectivity index (χ3n) is 6.14. The summed E-state index contributed by atoms with van der Waals surface area (Å²) in [5.41, 5.74) is 2.58. The molecular weight excluding hydrogens is 338 g/mol. The van der Waals surface area contributed by atoms with Gasteiger partial charge in [0.2, 0.25) is 0 Å². The monoisotopic (exact) mass is 367 g/mol. The molecule has 0 atom stereocenters. The van der Waals surface area contributed by atoms with E-state index in [-0.39, 0.29) is 6.09 Å². The van der Waals surface area contributed by atoms with Crippen molar-refractivity contribution < 1.29 is 9.53 Å². The number of fused-ring (bicyclic) bond motifs is 1. The number of hydrogen-bond acceptors (Lipinski definition) is 4. The van der Waals surface area contributed by atoms with Gasteiger partial charge in [0.1, 0.15) is 0 Å². The molecule has 0 bridgehead atoms. The fourth-order valence-electron chi connectivity index (χ4n) is 4.66. The second-order valence-corrected chi connectivity index (χ2v) is 7.65. The van der Waals surface area contributed by atoms with Gasteiger partial charge in [-0.1, -0.05) is 24.3 Å². The smallest absolute Gasteiger partial charge is 0.409 e. The molecule has 0 aliphatic carbocycles. The van der Waals surface area contributed by atoms with Gasteiger partial charge in [-0.25, -0.2) is 4.79 Å². The highest BCUT2D eigenvalue weighted by atomic mass is 16.6. The fourth-order valence-corrected chi connectivity index (χ4v) is 4.66. The predicted octanol–water partition coefficient (Wildman–Crippen LogP) is 4.04. The summed E-state index contributed by atoms with van der Waals surface area (Å²) in [4.78, 5) is 21.0. The third kappa shape index (κ3) is 3.93. The van der Waals surface area contributed by atoms with Gasteiger partial charge in [0.05, 0.1) is 12.1 Å². The Balaban J connectivity index is 1.34. The Morgan fingerprint density at radius 1 is 1.07 bits per heavy atom. The summed E-state index contributed by atoms with van der Waals surface area (Å²) in [6.45, 7) is 6.22. The van der Waals surface area contributed by atoms with Crippen molar-refractivity contribution in [1.82, 2.24) is 14.8 Å². The molecule has 144 valence electrons. The molecule has 2 aromatic rings. The van der Waals surface area contributed by atoms with Crippen LogP contribution in [0.25, 0.3) is 10.9 Å². The molecule has 2 aliphatic rings. The van der Waals surface area contributed by atoms with E-state index in [1.54, 1.807) is 0 Å². The van der Waals surface area contributed by atoms with Gasteiger partial charge in [-0.05, 0) is 63.2 Å². The molecule has 0 spiro atoms. The zero-order chi connectivity index (χ0) is 18.6. The molecule has 1 aromatic carbocycles. The van der Waals surface area contributed by atoms with Crippen LogP contribution in [0.5, 0.6) is 0 Å². The second kappa shape index (κ2) is 8.26. The standard InChI is InChI=1S/C22H29N3O2/c1-2-27-22(26)25-15-10-19(11-16-25)24-13-8-17(9-14-24)20-7-3-5-18-6-4-12-23-21(18)20/h3-7,12,17,19H,2,8-11,13-16H2,1H3. The van der Waals surface area contributed by atoms with Gasteiger partial charge in [-0.15, -0.1) is 0 Å². The van der Waals surface area contributed by atoms with Gasteiger partial charge in [0.15, 0.2) is 0 Å². The van der Waals surface area contributed by atoms with E-state index in [9.17, 15) is 4.79 Å². The number of nitrogens with zero attached hydrogens (tertiary/aromatic N) is 3. The summed E-state index contributed by atoms with van der Waals surface area (Å²) in [7, 11) is 0. The second-order valence-electron chi connectivity index (χ2n) is 7.65. The van der Waals surface area contributed by atoms with E-state index >= 15 is 0 Å². The van der Waals surface area contributed by atoms with E-state index in [4.69, 9.17) is 4.74 Å². The van der Waals surface area contributed by atoms with E-state index in [1.165, 1.54) is 29.3 Å². The minimum absolute atomic E-state index is 0.155. The lowest BCUT2D eigenvalue weighted by atomic mass is 9.86. The molecule has 2 fully saturated rings. The number of para-hydroxylation sites is 1. The number of carbonyl (C=O) groups excluding carboxylic acids is 1. The first kappa shape index (κ1) is 18.2. The highest BCUT2D eigenvalue weighted by Gasteiger charge is 2.30. The first-order valence-corrected chi connectivity index (χ1v) is 10.3. The van der Waals surface area contributed by atoms with Crippen molar-refractivity contribution >= 4 is 17.0 Å². The van der Waals surface area contributed by atoms with Crippen molar-refractivity contribution in [1.29, 1.82) is 0 Å². The van der Waals surface area contributed by atoms with Gasteiger partial charge in [-0.3, -0.25) is 4.98 Å². The van der Waals surface area contributed by atoms with Crippen LogP contribution in [-0.2, 0) is 4.74 Å². The maximum Gasteiger partial charge on any atom is 0.409 e. The summed E-state index contributed by atoms with van der Waals surface area (Å²) in [6, 6.07) is 11.3. The van der Waals surface area contributed by atoms with E-state index in [0.717, 1.165) is 39.0 Å². The molecule has 2 saturated heterocycles. The highest BCUT2D eigenvalue weighted by Crippen LogP contribution is 2.33. The number of likely N-dealkylation sites (tertiary alicyclic amines) is 2. The first-order valence-electron chi connectivity index (χ1n) is 10.3. The van der Waals surface area contributed by atoms with Crippen molar-refractivity contribution in [3.8, 4) is 0 Å². The van der Waals surface area contributed by atoms with Crippen molar-refractivity contribution in [2.45, 2.75) is 44.6 Å². The number of rotatable bonds is 3. The van der Waals surface area contributed by atoms with Gasteiger partial charge in [0, 0.05) is 30.7 Å². The maximum absolute atomic E-state index is 11.9. The fraction of sp³-hybridized carbons (Fsp3) is 0.545. The minimum atomic E-state index is -0.155. The third-order valence-corrected chi connectivity index (χ3v) is 6.14. The van der Waals surface area contributed by atoms with Crippen molar-refractivity contribution in [2.24, 2.45) is 0 Å². The van der Waals surface area contributed by atoms with Gasteiger partial charge >= 0.3 is 6.09 Å². The summed E-state index contributed by atoms with van der Waals surface area (Å²) in [5, 5.41) is 1.24. The average molecular weight is 367 g/mol. The number of pyridine rings is 1. The molecule has 0 unspecified atom stereocenters. The Bertz CT molecular complexity index is 773. The zero-order valence-electron chi connectivity index (χ0n) is 16.1. The molecule has 27 heavy (non-hydrogen) atoms.